The standard InChI is InChI=1S/C15H22N2O3S/c1-5-8-15(18)16-13-10-9-12(4)14(11-13)21(19,20)17(6-2)7-3/h5,8-11H,6-7H2,1-4H3,(H,16,18)/b8-5+. The van der Waals surface area contributed by atoms with Crippen LogP contribution in [0.25, 0.3) is 0 Å². The van der Waals surface area contributed by atoms with Gasteiger partial charge in [0, 0.05) is 18.8 Å². The smallest absolute Gasteiger partial charge is 0.248 e. The summed E-state index contributed by atoms with van der Waals surface area (Å²) in [4.78, 5) is 11.8. The third kappa shape index (κ3) is 4.15. The number of hydrogen-bond acceptors (Lipinski definition) is 3. The SMILES string of the molecule is C/C=C/C(=O)Nc1ccc(C)c(S(=O)(=O)N(CC)CC)c1. The Morgan fingerprint density at radius 2 is 1.90 bits per heavy atom. The third-order valence-electron chi connectivity index (χ3n) is 3.10. The van der Waals surface area contributed by atoms with E-state index in [0.29, 0.717) is 24.3 Å². The van der Waals surface area contributed by atoms with E-state index < -0.39 is 10.0 Å². The quantitative estimate of drug-likeness (QED) is 0.821. The summed E-state index contributed by atoms with van der Waals surface area (Å²) >= 11 is 0. The van der Waals surface area contributed by atoms with Gasteiger partial charge in [-0.05, 0) is 37.6 Å². The van der Waals surface area contributed by atoms with Gasteiger partial charge in [-0.3, -0.25) is 4.79 Å². The number of carbonyl (C=O) groups is 1. The van der Waals surface area contributed by atoms with Gasteiger partial charge < -0.3 is 5.32 Å². The number of amides is 1. The van der Waals surface area contributed by atoms with E-state index in [1.54, 1.807) is 45.9 Å². The zero-order valence-corrected chi connectivity index (χ0v) is 13.7. The summed E-state index contributed by atoms with van der Waals surface area (Å²) in [5.74, 6) is -0.285. The Morgan fingerprint density at radius 1 is 1.29 bits per heavy atom. The molecule has 1 aromatic carbocycles. The molecule has 116 valence electrons. The van der Waals surface area contributed by atoms with Crippen molar-refractivity contribution in [3.8, 4) is 0 Å². The van der Waals surface area contributed by atoms with Crippen molar-refractivity contribution < 1.29 is 13.2 Å². The van der Waals surface area contributed by atoms with Crippen molar-refractivity contribution >= 4 is 21.6 Å². The highest BCUT2D eigenvalue weighted by molar-refractivity contribution is 7.89. The van der Waals surface area contributed by atoms with Crippen molar-refractivity contribution in [2.24, 2.45) is 0 Å². The number of benzene rings is 1. The number of hydrogen-bond donors (Lipinski definition) is 1. The van der Waals surface area contributed by atoms with Crippen LogP contribution < -0.4 is 5.32 Å². The maximum atomic E-state index is 12.6. The average Bonchev–Trinajstić information content (AvgIpc) is 2.42. The molecule has 1 amide bonds. The maximum absolute atomic E-state index is 12.6. The van der Waals surface area contributed by atoms with E-state index in [9.17, 15) is 13.2 Å². The van der Waals surface area contributed by atoms with Gasteiger partial charge in [0.2, 0.25) is 15.9 Å². The lowest BCUT2D eigenvalue weighted by Crippen LogP contribution is -2.31. The van der Waals surface area contributed by atoms with E-state index in [1.807, 2.05) is 0 Å². The van der Waals surface area contributed by atoms with Crippen LogP contribution in [0.15, 0.2) is 35.2 Å². The second-order valence-electron chi connectivity index (χ2n) is 4.56. The van der Waals surface area contributed by atoms with E-state index >= 15 is 0 Å². The number of nitrogens with zero attached hydrogens (tertiary/aromatic N) is 1. The molecule has 0 aliphatic rings. The minimum absolute atomic E-state index is 0.226. The monoisotopic (exact) mass is 310 g/mol. The fraction of sp³-hybridized carbons (Fsp3) is 0.400. The van der Waals surface area contributed by atoms with Gasteiger partial charge in [0.05, 0.1) is 4.90 Å². The topological polar surface area (TPSA) is 66.5 Å². The summed E-state index contributed by atoms with van der Waals surface area (Å²) in [5.41, 5.74) is 1.13. The molecule has 0 aliphatic heterocycles. The minimum atomic E-state index is -3.54. The van der Waals surface area contributed by atoms with Gasteiger partial charge in [0.1, 0.15) is 0 Å². The maximum Gasteiger partial charge on any atom is 0.248 e. The highest BCUT2D eigenvalue weighted by atomic mass is 32.2. The van der Waals surface area contributed by atoms with Crippen LogP contribution in [-0.4, -0.2) is 31.7 Å². The van der Waals surface area contributed by atoms with Gasteiger partial charge in [0.15, 0.2) is 0 Å². The van der Waals surface area contributed by atoms with Crippen LogP contribution in [0.1, 0.15) is 26.3 Å². The summed E-state index contributed by atoms with van der Waals surface area (Å²) in [5, 5.41) is 2.65. The Kier molecular flexibility index (Phi) is 6.11. The Bertz CT molecular complexity index is 632. The molecule has 5 nitrogen and oxygen atoms in total. The van der Waals surface area contributed by atoms with Gasteiger partial charge in [-0.25, -0.2) is 8.42 Å². The summed E-state index contributed by atoms with van der Waals surface area (Å²) in [7, 11) is -3.54. The molecule has 0 saturated carbocycles. The van der Waals surface area contributed by atoms with Gasteiger partial charge >= 0.3 is 0 Å². The average molecular weight is 310 g/mol. The molecule has 0 unspecified atom stereocenters. The molecule has 1 N–H and O–H groups in total. The second-order valence-corrected chi connectivity index (χ2v) is 6.47. The minimum Gasteiger partial charge on any atom is -0.322 e. The van der Waals surface area contributed by atoms with Crippen LogP contribution in [0.2, 0.25) is 0 Å². The Labute approximate surface area is 126 Å². The summed E-state index contributed by atoms with van der Waals surface area (Å²) in [6.45, 7) is 7.90. The van der Waals surface area contributed by atoms with Crippen LogP contribution in [0, 0.1) is 6.92 Å². The molecule has 0 aliphatic carbocycles. The lowest BCUT2D eigenvalue weighted by molar-refractivity contribution is -0.111. The molecule has 0 aromatic heterocycles. The number of sulfonamides is 1. The molecule has 0 fully saturated rings. The van der Waals surface area contributed by atoms with Crippen molar-refractivity contribution in [3.63, 3.8) is 0 Å². The fourth-order valence-corrected chi connectivity index (χ4v) is 3.70. The van der Waals surface area contributed by atoms with Crippen LogP contribution in [0.3, 0.4) is 0 Å². The zero-order valence-electron chi connectivity index (χ0n) is 12.9. The Morgan fingerprint density at radius 3 is 2.43 bits per heavy atom. The van der Waals surface area contributed by atoms with Crippen molar-refractivity contribution in [2.45, 2.75) is 32.6 Å². The van der Waals surface area contributed by atoms with Crippen molar-refractivity contribution in [2.75, 3.05) is 18.4 Å². The first kappa shape index (κ1) is 17.4. The molecule has 0 bridgehead atoms. The molecule has 1 rings (SSSR count). The number of allylic oxidation sites excluding steroid dienone is 1. The fourth-order valence-electron chi connectivity index (χ4n) is 1.99. The highest BCUT2D eigenvalue weighted by Crippen LogP contribution is 2.23. The lowest BCUT2D eigenvalue weighted by Gasteiger charge is -2.20. The molecule has 0 saturated heterocycles. The normalized spacial score (nSPS) is 12.0. The Balaban J connectivity index is 3.22. The third-order valence-corrected chi connectivity index (χ3v) is 5.29. The van der Waals surface area contributed by atoms with Crippen molar-refractivity contribution in [1.29, 1.82) is 0 Å². The van der Waals surface area contributed by atoms with E-state index in [1.165, 1.54) is 16.4 Å². The van der Waals surface area contributed by atoms with E-state index in [2.05, 4.69) is 5.32 Å². The number of anilines is 1. The predicted molar refractivity (Wildman–Crippen MR) is 84.7 cm³/mol. The first-order valence-corrected chi connectivity index (χ1v) is 8.35. The van der Waals surface area contributed by atoms with Gasteiger partial charge in [-0.15, -0.1) is 0 Å². The molecule has 6 heteroatoms. The van der Waals surface area contributed by atoms with Gasteiger partial charge in [0.25, 0.3) is 0 Å². The van der Waals surface area contributed by atoms with Gasteiger partial charge in [-0.1, -0.05) is 26.0 Å². The number of rotatable bonds is 6. The first-order chi connectivity index (χ1) is 9.86. The predicted octanol–water partition coefficient (Wildman–Crippen LogP) is 2.54. The number of carbonyl (C=O) groups excluding carboxylic acids is 1. The number of nitrogens with one attached hydrogen (secondary N) is 1. The molecular weight excluding hydrogens is 288 g/mol. The molecule has 21 heavy (non-hydrogen) atoms. The van der Waals surface area contributed by atoms with Crippen LogP contribution >= 0.6 is 0 Å². The van der Waals surface area contributed by atoms with E-state index in [0.717, 1.165) is 0 Å². The molecule has 0 atom stereocenters. The van der Waals surface area contributed by atoms with Crippen molar-refractivity contribution in [3.05, 3.63) is 35.9 Å². The molecular formula is C15H22N2O3S. The van der Waals surface area contributed by atoms with Crippen LogP contribution in [-0.2, 0) is 14.8 Å². The lowest BCUT2D eigenvalue weighted by atomic mass is 10.2. The van der Waals surface area contributed by atoms with Gasteiger partial charge in [-0.2, -0.15) is 4.31 Å². The summed E-state index contributed by atoms with van der Waals surface area (Å²) in [6.07, 6.45) is 3.01. The van der Waals surface area contributed by atoms with Crippen molar-refractivity contribution in [1.82, 2.24) is 4.31 Å². The molecule has 0 radical (unpaired) electrons. The molecule has 0 spiro atoms. The van der Waals surface area contributed by atoms with E-state index in [-0.39, 0.29) is 10.8 Å². The first-order valence-electron chi connectivity index (χ1n) is 6.91. The van der Waals surface area contributed by atoms with Crippen LogP contribution in [0.5, 0.6) is 0 Å². The number of aryl methyl sites for hydroxylation is 1. The second kappa shape index (κ2) is 7.38. The zero-order chi connectivity index (χ0) is 16.0. The highest BCUT2D eigenvalue weighted by Gasteiger charge is 2.23. The molecule has 0 heterocycles. The molecule has 1 aromatic rings. The van der Waals surface area contributed by atoms with Crippen LogP contribution in [0.4, 0.5) is 5.69 Å². The summed E-state index contributed by atoms with van der Waals surface area (Å²) in [6, 6.07) is 4.89. The summed E-state index contributed by atoms with van der Waals surface area (Å²) < 4.78 is 26.6. The van der Waals surface area contributed by atoms with E-state index in [4.69, 9.17) is 0 Å². The largest absolute Gasteiger partial charge is 0.322 e. The Hall–Kier alpha value is -1.66.